The maximum absolute atomic E-state index is 13.0. The molecule has 1 aliphatic rings. The average Bonchev–Trinajstić information content (AvgIpc) is 2.66. The molecule has 27 heavy (non-hydrogen) atoms. The van der Waals surface area contributed by atoms with Crippen molar-refractivity contribution in [3.05, 3.63) is 57.6 Å². The largest absolute Gasteiger partial charge is 0.421 e. The highest BCUT2D eigenvalue weighted by Crippen LogP contribution is 2.32. The number of halogens is 2. The van der Waals surface area contributed by atoms with Gasteiger partial charge >= 0.3 is 5.97 Å². The van der Waals surface area contributed by atoms with Crippen LogP contribution in [0.1, 0.15) is 35.2 Å². The monoisotopic (exact) mass is 427 g/mol. The van der Waals surface area contributed by atoms with E-state index < -0.39 is 16.0 Å². The molecule has 0 aromatic heterocycles. The summed E-state index contributed by atoms with van der Waals surface area (Å²) in [7, 11) is -3.66. The summed E-state index contributed by atoms with van der Waals surface area (Å²) in [5, 5.41) is 0.389. The highest BCUT2D eigenvalue weighted by molar-refractivity contribution is 7.89. The lowest BCUT2D eigenvalue weighted by atomic mass is 10.1. The molecule has 0 amide bonds. The van der Waals surface area contributed by atoms with Gasteiger partial charge < -0.3 is 4.74 Å². The van der Waals surface area contributed by atoms with Crippen LogP contribution in [-0.2, 0) is 10.0 Å². The molecular weight excluding hydrogens is 409 g/mol. The van der Waals surface area contributed by atoms with Crippen LogP contribution in [-0.4, -0.2) is 31.8 Å². The molecule has 0 unspecified atom stereocenters. The Morgan fingerprint density at radius 2 is 1.78 bits per heavy atom. The van der Waals surface area contributed by atoms with Crippen molar-refractivity contribution in [2.75, 3.05) is 13.1 Å². The Bertz CT molecular complexity index is 970. The molecule has 1 heterocycles. The van der Waals surface area contributed by atoms with Crippen molar-refractivity contribution in [3.8, 4) is 5.75 Å². The minimum atomic E-state index is -3.66. The summed E-state index contributed by atoms with van der Waals surface area (Å²) in [5.41, 5.74) is 0.713. The van der Waals surface area contributed by atoms with Crippen LogP contribution in [0.4, 0.5) is 0 Å². The van der Waals surface area contributed by atoms with Crippen molar-refractivity contribution in [2.24, 2.45) is 0 Å². The summed E-state index contributed by atoms with van der Waals surface area (Å²) >= 11 is 12.0. The standard InChI is InChI=1S/C19H19Cl2NO4S/c1-13-8-9-14(19(23)26-16-7-5-6-15(20)18(16)21)12-17(13)27(24,25)22-10-3-2-4-11-22/h5-9,12H,2-4,10-11H2,1H3. The Morgan fingerprint density at radius 3 is 2.48 bits per heavy atom. The Kier molecular flexibility index (Phi) is 6.11. The Morgan fingerprint density at radius 1 is 1.07 bits per heavy atom. The molecular formula is C19H19Cl2NO4S. The predicted octanol–water partition coefficient (Wildman–Crippen LogP) is 4.70. The molecule has 144 valence electrons. The quantitative estimate of drug-likeness (QED) is 0.523. The average molecular weight is 428 g/mol. The van der Waals surface area contributed by atoms with Crippen LogP contribution < -0.4 is 4.74 Å². The minimum absolute atomic E-state index is 0.121. The van der Waals surface area contributed by atoms with Gasteiger partial charge in [0, 0.05) is 13.1 Å². The second-order valence-corrected chi connectivity index (χ2v) is 9.08. The van der Waals surface area contributed by atoms with E-state index in [1.165, 1.54) is 22.5 Å². The Hall–Kier alpha value is -1.60. The number of ether oxygens (including phenoxy) is 1. The highest BCUT2D eigenvalue weighted by Gasteiger charge is 2.28. The number of aryl methyl sites for hydroxylation is 1. The van der Waals surface area contributed by atoms with Gasteiger partial charge in [-0.25, -0.2) is 13.2 Å². The molecule has 1 aliphatic heterocycles. The summed E-state index contributed by atoms with van der Waals surface area (Å²) < 4.78 is 32.7. The first-order chi connectivity index (χ1) is 12.8. The molecule has 3 rings (SSSR count). The highest BCUT2D eigenvalue weighted by atomic mass is 35.5. The van der Waals surface area contributed by atoms with E-state index in [9.17, 15) is 13.2 Å². The number of benzene rings is 2. The number of carbonyl (C=O) groups is 1. The van der Waals surface area contributed by atoms with Crippen molar-refractivity contribution in [1.82, 2.24) is 4.31 Å². The van der Waals surface area contributed by atoms with Crippen LogP contribution in [0.25, 0.3) is 0 Å². The lowest BCUT2D eigenvalue weighted by Crippen LogP contribution is -2.36. The molecule has 1 fully saturated rings. The van der Waals surface area contributed by atoms with Crippen LogP contribution in [0.3, 0.4) is 0 Å². The topological polar surface area (TPSA) is 63.7 Å². The molecule has 0 spiro atoms. The van der Waals surface area contributed by atoms with Gasteiger partial charge in [0.15, 0.2) is 5.75 Å². The zero-order valence-electron chi connectivity index (χ0n) is 14.7. The van der Waals surface area contributed by atoms with Crippen LogP contribution >= 0.6 is 23.2 Å². The van der Waals surface area contributed by atoms with Crippen LogP contribution in [0.15, 0.2) is 41.3 Å². The number of nitrogens with zero attached hydrogens (tertiary/aromatic N) is 1. The molecule has 0 saturated carbocycles. The fourth-order valence-corrected chi connectivity index (χ4v) is 5.07. The number of carbonyl (C=O) groups excluding carboxylic acids is 1. The lowest BCUT2D eigenvalue weighted by molar-refractivity contribution is 0.0734. The zero-order chi connectivity index (χ0) is 19.6. The van der Waals surface area contributed by atoms with Crippen molar-refractivity contribution < 1.29 is 17.9 Å². The first-order valence-electron chi connectivity index (χ1n) is 8.57. The van der Waals surface area contributed by atoms with Gasteiger partial charge in [-0.15, -0.1) is 0 Å². The molecule has 1 saturated heterocycles. The van der Waals surface area contributed by atoms with Gasteiger partial charge in [-0.2, -0.15) is 4.31 Å². The molecule has 2 aromatic carbocycles. The molecule has 0 atom stereocenters. The van der Waals surface area contributed by atoms with E-state index in [0.29, 0.717) is 18.7 Å². The summed E-state index contributed by atoms with van der Waals surface area (Å²) in [5.74, 6) is -0.579. The van der Waals surface area contributed by atoms with Crippen LogP contribution in [0, 0.1) is 6.92 Å². The van der Waals surface area contributed by atoms with E-state index in [-0.39, 0.29) is 26.3 Å². The van der Waals surface area contributed by atoms with Gasteiger partial charge in [0.1, 0.15) is 5.02 Å². The second-order valence-electron chi connectivity index (χ2n) is 6.39. The van der Waals surface area contributed by atoms with Crippen molar-refractivity contribution >= 4 is 39.2 Å². The SMILES string of the molecule is Cc1ccc(C(=O)Oc2cccc(Cl)c2Cl)cc1S(=O)(=O)N1CCCCC1. The zero-order valence-corrected chi connectivity index (χ0v) is 17.1. The molecule has 0 aliphatic carbocycles. The lowest BCUT2D eigenvalue weighted by Gasteiger charge is -2.26. The number of hydrogen-bond donors (Lipinski definition) is 0. The van der Waals surface area contributed by atoms with Gasteiger partial charge in [0.05, 0.1) is 15.5 Å². The summed E-state index contributed by atoms with van der Waals surface area (Å²) in [4.78, 5) is 12.6. The maximum atomic E-state index is 13.0. The number of rotatable bonds is 4. The fraction of sp³-hybridized carbons (Fsp3) is 0.316. The van der Waals surface area contributed by atoms with E-state index in [4.69, 9.17) is 27.9 Å². The van der Waals surface area contributed by atoms with E-state index in [2.05, 4.69) is 0 Å². The van der Waals surface area contributed by atoms with Gasteiger partial charge in [-0.3, -0.25) is 0 Å². The summed E-state index contributed by atoms with van der Waals surface area (Å²) in [6.07, 6.45) is 2.71. The van der Waals surface area contributed by atoms with Gasteiger partial charge in [0.25, 0.3) is 0 Å². The predicted molar refractivity (Wildman–Crippen MR) is 105 cm³/mol. The molecule has 2 aromatic rings. The van der Waals surface area contributed by atoms with Crippen molar-refractivity contribution in [3.63, 3.8) is 0 Å². The number of piperidine rings is 1. The first kappa shape index (κ1) is 20.1. The normalized spacial score (nSPS) is 15.5. The molecule has 0 N–H and O–H groups in total. The second kappa shape index (κ2) is 8.19. The van der Waals surface area contributed by atoms with Gasteiger partial charge in [-0.1, -0.05) is 41.8 Å². The fourth-order valence-electron chi connectivity index (χ4n) is 2.97. The number of hydrogen-bond acceptors (Lipinski definition) is 4. The van der Waals surface area contributed by atoms with E-state index in [1.54, 1.807) is 25.1 Å². The molecule has 5 nitrogen and oxygen atoms in total. The maximum Gasteiger partial charge on any atom is 0.343 e. The van der Waals surface area contributed by atoms with Gasteiger partial charge in [-0.05, 0) is 49.6 Å². The van der Waals surface area contributed by atoms with E-state index in [0.717, 1.165) is 19.3 Å². The van der Waals surface area contributed by atoms with Crippen LogP contribution in [0.5, 0.6) is 5.75 Å². The smallest absolute Gasteiger partial charge is 0.343 e. The van der Waals surface area contributed by atoms with Gasteiger partial charge in [0.2, 0.25) is 10.0 Å². The molecule has 0 bridgehead atoms. The number of sulfonamides is 1. The third kappa shape index (κ3) is 4.29. The minimum Gasteiger partial charge on any atom is -0.421 e. The Balaban J connectivity index is 1.90. The first-order valence-corrected chi connectivity index (χ1v) is 10.8. The van der Waals surface area contributed by atoms with E-state index >= 15 is 0 Å². The third-order valence-electron chi connectivity index (χ3n) is 4.48. The van der Waals surface area contributed by atoms with Crippen molar-refractivity contribution in [1.29, 1.82) is 0 Å². The van der Waals surface area contributed by atoms with Crippen molar-refractivity contribution in [2.45, 2.75) is 31.1 Å². The van der Waals surface area contributed by atoms with E-state index in [1.807, 2.05) is 0 Å². The molecule has 0 radical (unpaired) electrons. The molecule has 8 heteroatoms. The summed E-state index contributed by atoms with van der Waals surface area (Å²) in [6.45, 7) is 2.70. The number of esters is 1. The van der Waals surface area contributed by atoms with Crippen LogP contribution in [0.2, 0.25) is 10.0 Å². The third-order valence-corrected chi connectivity index (χ3v) is 7.32. The Labute approximate surface area is 168 Å². The summed E-state index contributed by atoms with van der Waals surface area (Å²) in [6, 6.07) is 9.21.